The average Bonchev–Trinajstić information content (AvgIpc) is 2.83. The highest BCUT2D eigenvalue weighted by molar-refractivity contribution is 7.88. The van der Waals surface area contributed by atoms with Crippen LogP contribution in [0.15, 0.2) is 54.6 Å². The van der Waals surface area contributed by atoms with Gasteiger partial charge in [-0.15, -0.1) is 0 Å². The summed E-state index contributed by atoms with van der Waals surface area (Å²) in [4.78, 5) is 0. The summed E-state index contributed by atoms with van der Waals surface area (Å²) >= 11 is 0. The van der Waals surface area contributed by atoms with Crippen molar-refractivity contribution in [1.82, 2.24) is 0 Å². The van der Waals surface area contributed by atoms with Crippen molar-refractivity contribution in [3.8, 4) is 28.4 Å². The highest BCUT2D eigenvalue weighted by atomic mass is 32.2. The normalized spacial score (nSPS) is 14.5. The van der Waals surface area contributed by atoms with E-state index >= 15 is 0 Å². The van der Waals surface area contributed by atoms with E-state index in [0.29, 0.717) is 53.8 Å². The molecule has 0 amide bonds. The van der Waals surface area contributed by atoms with Gasteiger partial charge in [0.15, 0.2) is 0 Å². The predicted octanol–water partition coefficient (Wildman–Crippen LogP) is 3.81. The van der Waals surface area contributed by atoms with E-state index in [1.165, 1.54) is 12.1 Å². The minimum absolute atomic E-state index is 0.229. The fraction of sp³-hybridized carbons (Fsp3) is 0.308. The Kier molecular flexibility index (Phi) is 8.10. The Labute approximate surface area is 209 Å². The molecule has 0 saturated carbocycles. The van der Waals surface area contributed by atoms with Crippen molar-refractivity contribution in [2.24, 2.45) is 5.14 Å². The van der Waals surface area contributed by atoms with E-state index in [1.807, 2.05) is 6.07 Å². The Morgan fingerprint density at radius 3 is 2.56 bits per heavy atom. The molecule has 1 heterocycles. The minimum atomic E-state index is -3.76. The summed E-state index contributed by atoms with van der Waals surface area (Å²) in [5.74, 6) is 0.645. The van der Waals surface area contributed by atoms with E-state index in [9.17, 15) is 12.8 Å². The Morgan fingerprint density at radius 1 is 1.00 bits per heavy atom. The topological polar surface area (TPSA) is 106 Å². The number of halogens is 1. The maximum absolute atomic E-state index is 14.7. The molecule has 0 radical (unpaired) electrons. The Morgan fingerprint density at radius 2 is 1.81 bits per heavy atom. The van der Waals surface area contributed by atoms with Crippen LogP contribution in [0.1, 0.15) is 22.8 Å². The highest BCUT2D eigenvalue weighted by Gasteiger charge is 2.31. The summed E-state index contributed by atoms with van der Waals surface area (Å²) < 4.78 is 66.0. The molecule has 3 aromatic rings. The molecule has 8 nitrogen and oxygen atoms in total. The van der Waals surface area contributed by atoms with Crippen LogP contribution in [0.25, 0.3) is 11.1 Å². The molecule has 0 aromatic heterocycles. The summed E-state index contributed by atoms with van der Waals surface area (Å²) in [6, 6.07) is 15.0. The van der Waals surface area contributed by atoms with Crippen molar-refractivity contribution < 1.29 is 36.5 Å². The van der Waals surface area contributed by atoms with Gasteiger partial charge in [0, 0.05) is 24.3 Å². The van der Waals surface area contributed by atoms with Crippen molar-refractivity contribution in [3.63, 3.8) is 0 Å². The zero-order chi connectivity index (χ0) is 25.7. The third-order valence-electron chi connectivity index (χ3n) is 5.61. The van der Waals surface area contributed by atoms with Gasteiger partial charge in [-0.25, -0.2) is 17.9 Å². The summed E-state index contributed by atoms with van der Waals surface area (Å²) in [6.45, 7) is 1.46. The number of hydrogen-bond acceptors (Lipinski definition) is 7. The molecule has 1 atom stereocenters. The van der Waals surface area contributed by atoms with Crippen LogP contribution in [0.5, 0.6) is 17.2 Å². The van der Waals surface area contributed by atoms with Gasteiger partial charge in [0.1, 0.15) is 35.8 Å². The highest BCUT2D eigenvalue weighted by Crippen LogP contribution is 2.49. The van der Waals surface area contributed by atoms with Crippen LogP contribution in [0.2, 0.25) is 0 Å². The first-order chi connectivity index (χ1) is 17.3. The third kappa shape index (κ3) is 6.14. The van der Waals surface area contributed by atoms with Gasteiger partial charge >= 0.3 is 0 Å². The Bertz CT molecular complexity index is 1330. The molecule has 1 unspecified atom stereocenters. The van der Waals surface area contributed by atoms with Crippen LogP contribution in [-0.2, 0) is 25.2 Å². The van der Waals surface area contributed by atoms with Gasteiger partial charge < -0.3 is 23.7 Å². The van der Waals surface area contributed by atoms with Crippen molar-refractivity contribution in [3.05, 3.63) is 77.1 Å². The molecule has 0 bridgehead atoms. The molecule has 2 N–H and O–H groups in total. The summed E-state index contributed by atoms with van der Waals surface area (Å²) in [6.07, 6.45) is -0.726. The van der Waals surface area contributed by atoms with Crippen molar-refractivity contribution >= 4 is 10.0 Å². The van der Waals surface area contributed by atoms with Gasteiger partial charge in [0.2, 0.25) is 10.0 Å². The lowest BCUT2D eigenvalue weighted by Gasteiger charge is -2.30. The van der Waals surface area contributed by atoms with E-state index in [0.717, 1.165) is 11.1 Å². The van der Waals surface area contributed by atoms with Crippen molar-refractivity contribution in [2.75, 3.05) is 40.6 Å². The molecule has 3 aromatic carbocycles. The van der Waals surface area contributed by atoms with Crippen LogP contribution in [-0.4, -0.2) is 49.1 Å². The van der Waals surface area contributed by atoms with Gasteiger partial charge in [-0.3, -0.25) is 0 Å². The lowest BCUT2D eigenvalue weighted by atomic mass is 9.88. The van der Waals surface area contributed by atoms with E-state index < -0.39 is 21.9 Å². The molecule has 1 aliphatic rings. The Hall–Kier alpha value is -3.18. The van der Waals surface area contributed by atoms with E-state index in [4.69, 9.17) is 28.8 Å². The van der Waals surface area contributed by atoms with E-state index in [1.54, 1.807) is 50.6 Å². The standard InChI is InChI=1S/C26H28FNO7S/c1-31-8-9-33-10-11-34-20-14-18(13-19(27)15-20)26-22-12-17(16-36(28,29)30)6-7-21(22)25-23(32-2)4-3-5-24(25)35-26/h3-7,12-15,26H,8-11,16H2,1-2H3,(H2,28,29,30). The van der Waals surface area contributed by atoms with E-state index in [-0.39, 0.29) is 12.4 Å². The monoisotopic (exact) mass is 517 g/mol. The number of ether oxygens (including phenoxy) is 5. The van der Waals surface area contributed by atoms with Gasteiger partial charge in [0.25, 0.3) is 0 Å². The number of sulfonamides is 1. The molecule has 1 aliphatic heterocycles. The number of fused-ring (bicyclic) bond motifs is 3. The molecular formula is C26H28FNO7S. The third-order valence-corrected chi connectivity index (χ3v) is 6.35. The summed E-state index contributed by atoms with van der Waals surface area (Å²) in [7, 11) is -0.606. The van der Waals surface area contributed by atoms with Crippen LogP contribution < -0.4 is 19.3 Å². The number of methoxy groups -OCH3 is 2. The molecule has 0 saturated heterocycles. The number of nitrogens with two attached hydrogens (primary N) is 1. The molecule has 0 spiro atoms. The first kappa shape index (κ1) is 25.9. The van der Waals surface area contributed by atoms with Gasteiger partial charge in [0.05, 0.1) is 38.2 Å². The smallest absolute Gasteiger partial charge is 0.213 e. The van der Waals surface area contributed by atoms with Crippen LogP contribution >= 0.6 is 0 Å². The molecular weight excluding hydrogens is 489 g/mol. The number of benzene rings is 3. The fourth-order valence-corrected chi connectivity index (χ4v) is 4.79. The zero-order valence-electron chi connectivity index (χ0n) is 20.0. The molecule has 4 rings (SSSR count). The Balaban J connectivity index is 1.70. The second-order valence-electron chi connectivity index (χ2n) is 8.23. The maximum atomic E-state index is 14.7. The first-order valence-corrected chi connectivity index (χ1v) is 13.0. The molecule has 36 heavy (non-hydrogen) atoms. The average molecular weight is 518 g/mol. The van der Waals surface area contributed by atoms with Crippen molar-refractivity contribution in [1.29, 1.82) is 0 Å². The van der Waals surface area contributed by atoms with Gasteiger partial charge in [-0.05, 0) is 35.4 Å². The summed E-state index contributed by atoms with van der Waals surface area (Å²) in [5.41, 5.74) is 3.18. The molecule has 0 aliphatic carbocycles. The number of rotatable bonds is 11. The number of primary sulfonamides is 1. The molecule has 0 fully saturated rings. The van der Waals surface area contributed by atoms with Crippen LogP contribution in [0, 0.1) is 5.82 Å². The SMILES string of the molecule is COCCOCCOc1cc(F)cc(C2Oc3cccc(OC)c3-c3ccc(CS(N)(=O)=O)cc32)c1. The quantitative estimate of drug-likeness (QED) is 0.386. The van der Waals surface area contributed by atoms with Crippen LogP contribution in [0.4, 0.5) is 4.39 Å². The van der Waals surface area contributed by atoms with Gasteiger partial charge in [-0.2, -0.15) is 0 Å². The van der Waals surface area contributed by atoms with Crippen LogP contribution in [0.3, 0.4) is 0 Å². The maximum Gasteiger partial charge on any atom is 0.213 e. The number of hydrogen-bond donors (Lipinski definition) is 1. The largest absolute Gasteiger partial charge is 0.496 e. The lowest BCUT2D eigenvalue weighted by molar-refractivity contribution is 0.0543. The summed E-state index contributed by atoms with van der Waals surface area (Å²) in [5, 5.41) is 5.27. The minimum Gasteiger partial charge on any atom is -0.496 e. The molecule has 192 valence electrons. The van der Waals surface area contributed by atoms with Gasteiger partial charge in [-0.1, -0.05) is 24.3 Å². The predicted molar refractivity (Wildman–Crippen MR) is 132 cm³/mol. The second-order valence-corrected chi connectivity index (χ2v) is 9.85. The zero-order valence-corrected chi connectivity index (χ0v) is 20.8. The second kappa shape index (κ2) is 11.3. The fourth-order valence-electron chi connectivity index (χ4n) is 4.14. The van der Waals surface area contributed by atoms with E-state index in [2.05, 4.69) is 0 Å². The lowest BCUT2D eigenvalue weighted by Crippen LogP contribution is -2.18. The first-order valence-electron chi connectivity index (χ1n) is 11.3. The molecule has 10 heteroatoms. The van der Waals surface area contributed by atoms with Crippen molar-refractivity contribution in [2.45, 2.75) is 11.9 Å².